The van der Waals surface area contributed by atoms with Crippen molar-refractivity contribution in [2.75, 3.05) is 11.5 Å². The number of anilines is 2. The number of hydrogen-bond donors (Lipinski definition) is 2. The molecule has 0 fully saturated rings. The molecule has 0 saturated carbocycles. The molecule has 2 heterocycles. The van der Waals surface area contributed by atoms with Gasteiger partial charge < -0.3 is 11.5 Å². The summed E-state index contributed by atoms with van der Waals surface area (Å²) in [5, 5.41) is 5.46. The number of aryl methyl sites for hydroxylation is 1. The average Bonchev–Trinajstić information content (AvgIpc) is 2.59. The third-order valence-corrected chi connectivity index (χ3v) is 2.79. The molecule has 0 aromatic carbocycles. The van der Waals surface area contributed by atoms with Gasteiger partial charge in [-0.15, -0.1) is 0 Å². The average molecular weight is 222 g/mol. The fraction of sp³-hybridized carbons (Fsp3) is 0.125. The summed E-state index contributed by atoms with van der Waals surface area (Å²) in [5.74, 6) is 0.335. The number of nitrogens with zero attached hydrogens (tertiary/aromatic N) is 4. The summed E-state index contributed by atoms with van der Waals surface area (Å²) >= 11 is 1.39. The van der Waals surface area contributed by atoms with Gasteiger partial charge in [0.15, 0.2) is 5.16 Å². The Morgan fingerprint density at radius 1 is 1.33 bits per heavy atom. The van der Waals surface area contributed by atoms with Crippen LogP contribution >= 0.6 is 11.8 Å². The predicted octanol–water partition coefficient (Wildman–Crippen LogP) is 0.526. The largest absolute Gasteiger partial charge is 0.396 e. The van der Waals surface area contributed by atoms with Gasteiger partial charge in [-0.2, -0.15) is 5.10 Å². The number of aromatic nitrogens is 4. The Morgan fingerprint density at radius 2 is 2.13 bits per heavy atom. The fourth-order valence-electron chi connectivity index (χ4n) is 0.995. The summed E-state index contributed by atoms with van der Waals surface area (Å²) in [6.07, 6.45) is 1.49. The van der Waals surface area contributed by atoms with Gasteiger partial charge in [-0.05, 0) is 23.9 Å². The topological polar surface area (TPSA) is 95.6 Å². The Morgan fingerprint density at radius 3 is 2.73 bits per heavy atom. The first kappa shape index (κ1) is 9.78. The zero-order valence-electron chi connectivity index (χ0n) is 8.08. The van der Waals surface area contributed by atoms with E-state index in [1.54, 1.807) is 16.8 Å². The molecular formula is C8H10N6S. The van der Waals surface area contributed by atoms with Gasteiger partial charge in [0.25, 0.3) is 0 Å². The molecule has 7 heteroatoms. The SMILES string of the molecule is Cn1ncnc1Sc1ccc(N)c(N)n1. The first-order valence-electron chi connectivity index (χ1n) is 4.20. The van der Waals surface area contributed by atoms with Crippen LogP contribution in [-0.4, -0.2) is 19.7 Å². The Hall–Kier alpha value is -1.76. The van der Waals surface area contributed by atoms with E-state index in [2.05, 4.69) is 15.1 Å². The number of pyridine rings is 1. The fourth-order valence-corrected chi connectivity index (χ4v) is 1.74. The van der Waals surface area contributed by atoms with Gasteiger partial charge >= 0.3 is 0 Å². The van der Waals surface area contributed by atoms with Crippen molar-refractivity contribution in [3.8, 4) is 0 Å². The van der Waals surface area contributed by atoms with Crippen LogP contribution in [0.4, 0.5) is 11.5 Å². The van der Waals surface area contributed by atoms with Crippen molar-refractivity contribution in [2.24, 2.45) is 7.05 Å². The summed E-state index contributed by atoms with van der Waals surface area (Å²) in [4.78, 5) is 8.19. The molecule has 0 bridgehead atoms. The van der Waals surface area contributed by atoms with Gasteiger partial charge in [-0.25, -0.2) is 14.6 Å². The molecule has 2 aromatic heterocycles. The van der Waals surface area contributed by atoms with E-state index in [1.807, 2.05) is 7.05 Å². The lowest BCUT2D eigenvalue weighted by atomic mass is 10.4. The lowest BCUT2D eigenvalue weighted by molar-refractivity contribution is 0.684. The molecule has 0 amide bonds. The lowest BCUT2D eigenvalue weighted by Gasteiger charge is -2.02. The maximum Gasteiger partial charge on any atom is 0.192 e. The van der Waals surface area contributed by atoms with Crippen molar-refractivity contribution in [1.29, 1.82) is 0 Å². The van der Waals surface area contributed by atoms with Crippen LogP contribution in [0.5, 0.6) is 0 Å². The first-order chi connectivity index (χ1) is 7.16. The standard InChI is InChI=1S/C8H10N6S/c1-14-8(11-4-12-14)15-6-3-2-5(9)7(10)13-6/h2-4H,9H2,1H3,(H2,10,13). The highest BCUT2D eigenvalue weighted by Gasteiger charge is 2.05. The van der Waals surface area contributed by atoms with Crippen LogP contribution in [0.15, 0.2) is 28.6 Å². The van der Waals surface area contributed by atoms with Crippen molar-refractivity contribution in [2.45, 2.75) is 10.2 Å². The Kier molecular flexibility index (Phi) is 2.46. The van der Waals surface area contributed by atoms with E-state index in [0.29, 0.717) is 11.5 Å². The molecule has 0 radical (unpaired) electrons. The molecule has 2 rings (SSSR count). The molecule has 0 aliphatic heterocycles. The molecule has 0 atom stereocenters. The van der Waals surface area contributed by atoms with E-state index in [-0.39, 0.29) is 0 Å². The summed E-state index contributed by atoms with van der Waals surface area (Å²) < 4.78 is 1.67. The lowest BCUT2D eigenvalue weighted by Crippen LogP contribution is -1.99. The van der Waals surface area contributed by atoms with Crippen LogP contribution in [0.1, 0.15) is 0 Å². The quantitative estimate of drug-likeness (QED) is 0.769. The highest BCUT2D eigenvalue weighted by Crippen LogP contribution is 2.25. The van der Waals surface area contributed by atoms with Crippen molar-refractivity contribution in [3.05, 3.63) is 18.5 Å². The Labute approximate surface area is 90.7 Å². The highest BCUT2D eigenvalue weighted by molar-refractivity contribution is 7.99. The smallest absolute Gasteiger partial charge is 0.192 e. The zero-order chi connectivity index (χ0) is 10.8. The summed E-state index contributed by atoms with van der Waals surface area (Å²) in [5.41, 5.74) is 11.6. The van der Waals surface area contributed by atoms with Crippen molar-refractivity contribution < 1.29 is 0 Å². The molecule has 0 aliphatic rings. The monoisotopic (exact) mass is 222 g/mol. The van der Waals surface area contributed by atoms with Crippen LogP contribution in [-0.2, 0) is 7.05 Å². The maximum absolute atomic E-state index is 5.60. The van der Waals surface area contributed by atoms with Crippen molar-refractivity contribution in [1.82, 2.24) is 19.7 Å². The van der Waals surface area contributed by atoms with Gasteiger partial charge in [-0.1, -0.05) is 0 Å². The van der Waals surface area contributed by atoms with E-state index < -0.39 is 0 Å². The van der Waals surface area contributed by atoms with Gasteiger partial charge in [0, 0.05) is 7.05 Å². The van der Waals surface area contributed by atoms with E-state index in [4.69, 9.17) is 11.5 Å². The second kappa shape index (κ2) is 3.77. The molecular weight excluding hydrogens is 212 g/mol. The summed E-state index contributed by atoms with van der Waals surface area (Å²) in [6, 6.07) is 3.52. The van der Waals surface area contributed by atoms with E-state index in [1.165, 1.54) is 18.1 Å². The molecule has 4 N–H and O–H groups in total. The minimum atomic E-state index is 0.335. The van der Waals surface area contributed by atoms with E-state index in [0.717, 1.165) is 10.2 Å². The third-order valence-electron chi connectivity index (χ3n) is 1.80. The van der Waals surface area contributed by atoms with Crippen LogP contribution in [0.2, 0.25) is 0 Å². The summed E-state index contributed by atoms with van der Waals surface area (Å²) in [7, 11) is 1.82. The van der Waals surface area contributed by atoms with Crippen LogP contribution in [0.25, 0.3) is 0 Å². The zero-order valence-corrected chi connectivity index (χ0v) is 8.90. The maximum atomic E-state index is 5.60. The first-order valence-corrected chi connectivity index (χ1v) is 5.02. The molecule has 2 aromatic rings. The minimum Gasteiger partial charge on any atom is -0.396 e. The summed E-state index contributed by atoms with van der Waals surface area (Å²) in [6.45, 7) is 0. The highest BCUT2D eigenvalue weighted by atomic mass is 32.2. The van der Waals surface area contributed by atoms with E-state index >= 15 is 0 Å². The Bertz CT molecular complexity index is 480. The number of rotatable bonds is 2. The molecule has 0 unspecified atom stereocenters. The van der Waals surface area contributed by atoms with Gasteiger partial charge in [0.2, 0.25) is 0 Å². The van der Waals surface area contributed by atoms with Crippen molar-refractivity contribution in [3.63, 3.8) is 0 Å². The molecule has 15 heavy (non-hydrogen) atoms. The van der Waals surface area contributed by atoms with Crippen molar-refractivity contribution >= 4 is 23.3 Å². The minimum absolute atomic E-state index is 0.335. The van der Waals surface area contributed by atoms with Crippen LogP contribution < -0.4 is 11.5 Å². The number of hydrogen-bond acceptors (Lipinski definition) is 6. The van der Waals surface area contributed by atoms with Gasteiger partial charge in [-0.3, -0.25) is 0 Å². The van der Waals surface area contributed by atoms with Crippen LogP contribution in [0.3, 0.4) is 0 Å². The molecule has 0 aliphatic carbocycles. The van der Waals surface area contributed by atoms with E-state index in [9.17, 15) is 0 Å². The normalized spacial score (nSPS) is 10.5. The van der Waals surface area contributed by atoms with Gasteiger partial charge in [0.05, 0.1) is 5.69 Å². The van der Waals surface area contributed by atoms with Crippen LogP contribution in [0, 0.1) is 0 Å². The second-order valence-corrected chi connectivity index (χ2v) is 3.88. The molecule has 0 saturated heterocycles. The number of nitrogens with two attached hydrogens (primary N) is 2. The molecule has 0 spiro atoms. The Balaban J connectivity index is 2.25. The molecule has 78 valence electrons. The van der Waals surface area contributed by atoms with Gasteiger partial charge in [0.1, 0.15) is 17.2 Å². The second-order valence-electron chi connectivity index (χ2n) is 2.89. The third kappa shape index (κ3) is 2.01. The number of nitrogen functional groups attached to an aromatic ring is 2. The predicted molar refractivity (Wildman–Crippen MR) is 58.2 cm³/mol. The molecule has 6 nitrogen and oxygen atoms in total.